The van der Waals surface area contributed by atoms with E-state index in [0.29, 0.717) is 11.5 Å². The van der Waals surface area contributed by atoms with Gasteiger partial charge in [-0.1, -0.05) is 51.1 Å². The van der Waals surface area contributed by atoms with Crippen LogP contribution in [0.3, 0.4) is 0 Å². The van der Waals surface area contributed by atoms with Gasteiger partial charge in [0, 0.05) is 19.1 Å². The highest BCUT2D eigenvalue weighted by Crippen LogP contribution is 2.17. The maximum atomic E-state index is 2.58. The maximum Gasteiger partial charge on any atom is 0.00389 e. The monoisotopic (exact) mass is 233 g/mol. The van der Waals surface area contributed by atoms with Crippen molar-refractivity contribution in [3.63, 3.8) is 0 Å². The van der Waals surface area contributed by atoms with Gasteiger partial charge in [0.2, 0.25) is 0 Å². The molecule has 0 bridgehead atoms. The first kappa shape index (κ1) is 14.2. The van der Waals surface area contributed by atoms with Gasteiger partial charge in [-0.3, -0.25) is 0 Å². The number of hydrogen-bond acceptors (Lipinski definition) is 1. The molecule has 0 saturated heterocycles. The lowest BCUT2D eigenvalue weighted by atomic mass is 9.95. The molecular formula is C16H27N. The van der Waals surface area contributed by atoms with E-state index in [1.165, 1.54) is 5.56 Å². The Morgan fingerprint density at radius 3 is 2.12 bits per heavy atom. The highest BCUT2D eigenvalue weighted by molar-refractivity contribution is 5.14. The van der Waals surface area contributed by atoms with Crippen molar-refractivity contribution in [1.82, 2.24) is 4.90 Å². The Balaban J connectivity index is 2.51. The van der Waals surface area contributed by atoms with Crippen molar-refractivity contribution in [1.29, 1.82) is 0 Å². The van der Waals surface area contributed by atoms with Gasteiger partial charge in [-0.2, -0.15) is 0 Å². The smallest absolute Gasteiger partial charge is 0.00389 e. The van der Waals surface area contributed by atoms with Crippen LogP contribution in [-0.2, 0) is 6.42 Å². The fraction of sp³-hybridized carbons (Fsp3) is 0.625. The second-order valence-corrected chi connectivity index (χ2v) is 6.36. The first-order valence-electron chi connectivity index (χ1n) is 6.66. The Labute approximate surface area is 107 Å². The normalized spacial score (nSPS) is 12.4. The van der Waals surface area contributed by atoms with Crippen LogP contribution in [0.5, 0.6) is 0 Å². The zero-order chi connectivity index (χ0) is 12.9. The molecular weight excluding hydrogens is 206 g/mol. The van der Waals surface area contributed by atoms with E-state index in [1.807, 2.05) is 0 Å². The summed E-state index contributed by atoms with van der Waals surface area (Å²) in [5, 5.41) is 0. The quantitative estimate of drug-likeness (QED) is 0.743. The Bertz CT molecular complexity index is 308. The second kappa shape index (κ2) is 6.20. The van der Waals surface area contributed by atoms with E-state index in [0.717, 1.165) is 19.5 Å². The minimum Gasteiger partial charge on any atom is -0.300 e. The predicted octanol–water partition coefficient (Wildman–Crippen LogP) is 3.99. The van der Waals surface area contributed by atoms with E-state index in [1.54, 1.807) is 0 Å². The van der Waals surface area contributed by atoms with E-state index in [9.17, 15) is 0 Å². The average molecular weight is 233 g/mol. The molecule has 1 aromatic rings. The Morgan fingerprint density at radius 1 is 1.06 bits per heavy atom. The standard InChI is InChI=1S/C16H27N/c1-14(2)17(13-16(3,4)5)12-11-15-9-7-6-8-10-15/h6-10,14H,11-13H2,1-5H3. The summed E-state index contributed by atoms with van der Waals surface area (Å²) in [5.74, 6) is 0. The van der Waals surface area contributed by atoms with Crippen molar-refractivity contribution in [2.24, 2.45) is 5.41 Å². The summed E-state index contributed by atoms with van der Waals surface area (Å²) in [6, 6.07) is 11.4. The van der Waals surface area contributed by atoms with Gasteiger partial charge in [-0.05, 0) is 31.2 Å². The van der Waals surface area contributed by atoms with Crippen LogP contribution >= 0.6 is 0 Å². The lowest BCUT2D eigenvalue weighted by Crippen LogP contribution is -2.39. The molecule has 0 aliphatic carbocycles. The molecule has 1 nitrogen and oxygen atoms in total. The van der Waals surface area contributed by atoms with E-state index < -0.39 is 0 Å². The highest BCUT2D eigenvalue weighted by Gasteiger charge is 2.18. The fourth-order valence-corrected chi connectivity index (χ4v) is 2.05. The lowest BCUT2D eigenvalue weighted by molar-refractivity contribution is 0.157. The molecule has 0 N–H and O–H groups in total. The first-order chi connectivity index (χ1) is 7.88. The summed E-state index contributed by atoms with van der Waals surface area (Å²) in [7, 11) is 0. The lowest BCUT2D eigenvalue weighted by Gasteiger charge is -2.33. The minimum atomic E-state index is 0.376. The number of benzene rings is 1. The molecule has 0 aliphatic rings. The molecule has 1 aromatic carbocycles. The number of hydrogen-bond donors (Lipinski definition) is 0. The van der Waals surface area contributed by atoms with Crippen molar-refractivity contribution >= 4 is 0 Å². The van der Waals surface area contributed by atoms with Crippen LogP contribution in [0.1, 0.15) is 40.2 Å². The Morgan fingerprint density at radius 2 is 1.65 bits per heavy atom. The summed E-state index contributed by atoms with van der Waals surface area (Å²) in [5.41, 5.74) is 1.81. The van der Waals surface area contributed by atoms with Gasteiger partial charge < -0.3 is 4.90 Å². The van der Waals surface area contributed by atoms with Crippen LogP contribution in [0.2, 0.25) is 0 Å². The van der Waals surface area contributed by atoms with Gasteiger partial charge in [0.1, 0.15) is 0 Å². The van der Waals surface area contributed by atoms with Crippen LogP contribution in [0.15, 0.2) is 30.3 Å². The fourth-order valence-electron chi connectivity index (χ4n) is 2.05. The van der Waals surface area contributed by atoms with E-state index >= 15 is 0 Å². The highest BCUT2D eigenvalue weighted by atomic mass is 15.1. The molecule has 1 rings (SSSR count). The van der Waals surface area contributed by atoms with Crippen LogP contribution < -0.4 is 0 Å². The van der Waals surface area contributed by atoms with Crippen molar-refractivity contribution in [3.8, 4) is 0 Å². The summed E-state index contributed by atoms with van der Waals surface area (Å²) in [4.78, 5) is 2.58. The first-order valence-corrected chi connectivity index (χ1v) is 6.66. The second-order valence-electron chi connectivity index (χ2n) is 6.36. The van der Waals surface area contributed by atoms with Crippen LogP contribution in [0, 0.1) is 5.41 Å². The number of nitrogens with zero attached hydrogens (tertiary/aromatic N) is 1. The minimum absolute atomic E-state index is 0.376. The maximum absolute atomic E-state index is 2.58. The van der Waals surface area contributed by atoms with Gasteiger partial charge >= 0.3 is 0 Å². The molecule has 0 aromatic heterocycles. The van der Waals surface area contributed by atoms with Crippen LogP contribution in [-0.4, -0.2) is 24.0 Å². The van der Waals surface area contributed by atoms with Crippen molar-refractivity contribution in [2.75, 3.05) is 13.1 Å². The molecule has 17 heavy (non-hydrogen) atoms. The third kappa shape index (κ3) is 5.88. The molecule has 0 aliphatic heterocycles. The molecule has 0 unspecified atom stereocenters. The number of rotatable bonds is 5. The van der Waals surface area contributed by atoms with E-state index in [-0.39, 0.29) is 0 Å². The van der Waals surface area contributed by atoms with Crippen LogP contribution in [0.25, 0.3) is 0 Å². The molecule has 0 fully saturated rings. The molecule has 0 amide bonds. The van der Waals surface area contributed by atoms with Gasteiger partial charge in [-0.25, -0.2) is 0 Å². The summed E-state index contributed by atoms with van der Waals surface area (Å²) in [6.45, 7) is 13.8. The zero-order valence-electron chi connectivity index (χ0n) is 12.0. The van der Waals surface area contributed by atoms with Gasteiger partial charge in [0.25, 0.3) is 0 Å². The van der Waals surface area contributed by atoms with Crippen molar-refractivity contribution in [2.45, 2.75) is 47.1 Å². The molecule has 1 heteroatoms. The van der Waals surface area contributed by atoms with Gasteiger partial charge in [0.05, 0.1) is 0 Å². The largest absolute Gasteiger partial charge is 0.300 e. The zero-order valence-corrected chi connectivity index (χ0v) is 12.0. The molecule has 0 atom stereocenters. The Hall–Kier alpha value is -0.820. The molecule has 0 radical (unpaired) electrons. The SMILES string of the molecule is CC(C)N(CCc1ccccc1)CC(C)(C)C. The molecule has 0 saturated carbocycles. The molecule has 96 valence electrons. The third-order valence-electron chi connectivity index (χ3n) is 2.94. The van der Waals surface area contributed by atoms with Gasteiger partial charge in [0.15, 0.2) is 0 Å². The van der Waals surface area contributed by atoms with Crippen LogP contribution in [0.4, 0.5) is 0 Å². The van der Waals surface area contributed by atoms with Crippen molar-refractivity contribution in [3.05, 3.63) is 35.9 Å². The topological polar surface area (TPSA) is 3.24 Å². The summed E-state index contributed by atoms with van der Waals surface area (Å²) >= 11 is 0. The Kier molecular flexibility index (Phi) is 5.20. The summed E-state index contributed by atoms with van der Waals surface area (Å²) < 4.78 is 0. The third-order valence-corrected chi connectivity index (χ3v) is 2.94. The van der Waals surface area contributed by atoms with Crippen molar-refractivity contribution < 1.29 is 0 Å². The van der Waals surface area contributed by atoms with E-state index in [4.69, 9.17) is 0 Å². The predicted molar refractivity (Wildman–Crippen MR) is 76.3 cm³/mol. The molecule has 0 spiro atoms. The van der Waals surface area contributed by atoms with E-state index in [2.05, 4.69) is 69.9 Å². The van der Waals surface area contributed by atoms with Gasteiger partial charge in [-0.15, -0.1) is 0 Å². The average Bonchev–Trinajstić information content (AvgIpc) is 2.24. The molecule has 0 heterocycles. The summed E-state index contributed by atoms with van der Waals surface area (Å²) in [6.07, 6.45) is 1.15.